The van der Waals surface area contributed by atoms with E-state index in [2.05, 4.69) is 39.0 Å². The topological polar surface area (TPSA) is 0 Å². The average molecular weight is 147 g/mol. The smallest absolute Gasteiger partial charge is 0.0120 e. The zero-order chi connectivity index (χ0) is 8.27. The third-order valence-corrected chi connectivity index (χ3v) is 1.74. The quantitative estimate of drug-likeness (QED) is 0.603. The van der Waals surface area contributed by atoms with E-state index in [0.29, 0.717) is 0 Å². The number of aryl methyl sites for hydroxylation is 3. The van der Waals surface area contributed by atoms with Crippen molar-refractivity contribution < 1.29 is 0 Å². The molecule has 0 N–H and O–H groups in total. The minimum atomic E-state index is 1.19. The Morgan fingerprint density at radius 3 is 2.18 bits per heavy atom. The molecule has 0 fully saturated rings. The van der Waals surface area contributed by atoms with Crippen molar-refractivity contribution in [3.8, 4) is 0 Å². The molecule has 1 rings (SSSR count). The minimum absolute atomic E-state index is 1.19. The van der Waals surface area contributed by atoms with Crippen molar-refractivity contribution in [1.82, 2.24) is 0 Å². The van der Waals surface area contributed by atoms with Gasteiger partial charge in [0.15, 0.2) is 0 Å². The van der Waals surface area contributed by atoms with Crippen molar-refractivity contribution in [2.75, 3.05) is 0 Å². The van der Waals surface area contributed by atoms with Crippen LogP contribution in [0.1, 0.15) is 30.0 Å². The van der Waals surface area contributed by atoms with Crippen LogP contribution in [0.25, 0.3) is 0 Å². The molecular weight excluding hydrogens is 132 g/mol. The number of benzene rings is 1. The van der Waals surface area contributed by atoms with Crippen LogP contribution in [0.5, 0.6) is 0 Å². The van der Waals surface area contributed by atoms with Crippen molar-refractivity contribution in [1.29, 1.82) is 0 Å². The molecule has 0 spiro atoms. The molecule has 0 heterocycles. The molecule has 0 aliphatic carbocycles. The second kappa shape index (κ2) is 3.56. The summed E-state index contributed by atoms with van der Waals surface area (Å²) in [6.45, 7) is 6.42. The van der Waals surface area contributed by atoms with Crippen LogP contribution in [0, 0.1) is 19.9 Å². The Balaban J connectivity index is 2.89. The Kier molecular flexibility index (Phi) is 2.70. The fourth-order valence-corrected chi connectivity index (χ4v) is 1.41. The molecule has 0 heteroatoms. The first kappa shape index (κ1) is 8.32. The van der Waals surface area contributed by atoms with Crippen molar-refractivity contribution in [3.63, 3.8) is 0 Å². The first-order valence-corrected chi connectivity index (χ1v) is 4.22. The molecule has 0 saturated heterocycles. The molecule has 0 aromatic heterocycles. The molecule has 1 aromatic carbocycles. The van der Waals surface area contributed by atoms with Gasteiger partial charge in [-0.25, -0.2) is 0 Å². The molecule has 0 aliphatic heterocycles. The second-order valence-electron chi connectivity index (χ2n) is 3.10. The molecule has 0 bridgehead atoms. The van der Waals surface area contributed by atoms with Crippen molar-refractivity contribution >= 4 is 0 Å². The van der Waals surface area contributed by atoms with Gasteiger partial charge in [-0.05, 0) is 43.0 Å². The van der Waals surface area contributed by atoms with E-state index in [9.17, 15) is 0 Å². The largest absolute Gasteiger partial charge is 0.0651 e. The lowest BCUT2D eigenvalue weighted by Crippen LogP contribution is -1.86. The predicted molar refractivity (Wildman–Crippen MR) is 48.7 cm³/mol. The van der Waals surface area contributed by atoms with Gasteiger partial charge in [-0.3, -0.25) is 0 Å². The van der Waals surface area contributed by atoms with Crippen LogP contribution in [-0.4, -0.2) is 0 Å². The highest BCUT2D eigenvalue weighted by Gasteiger charge is 1.93. The Bertz CT molecular complexity index is 216. The summed E-state index contributed by atoms with van der Waals surface area (Å²) in [4.78, 5) is 0. The Morgan fingerprint density at radius 1 is 1.18 bits per heavy atom. The van der Waals surface area contributed by atoms with E-state index in [1.165, 1.54) is 29.5 Å². The van der Waals surface area contributed by atoms with E-state index in [1.807, 2.05) is 0 Å². The van der Waals surface area contributed by atoms with Crippen LogP contribution in [-0.2, 0) is 6.42 Å². The van der Waals surface area contributed by atoms with E-state index >= 15 is 0 Å². The summed E-state index contributed by atoms with van der Waals surface area (Å²) >= 11 is 0. The molecular formula is C11H15. The minimum Gasteiger partial charge on any atom is -0.0651 e. The van der Waals surface area contributed by atoms with E-state index in [4.69, 9.17) is 0 Å². The first-order chi connectivity index (χ1) is 5.22. The molecule has 0 unspecified atom stereocenters. The molecule has 0 aliphatic rings. The normalized spacial score (nSPS) is 10.1. The maximum atomic E-state index is 3.27. The molecule has 59 valence electrons. The SMILES string of the molecule is CCCc1cc(C)[c]c(C)c1. The molecule has 11 heavy (non-hydrogen) atoms. The van der Waals surface area contributed by atoms with Gasteiger partial charge in [0.05, 0.1) is 0 Å². The lowest BCUT2D eigenvalue weighted by Gasteiger charge is -2.01. The van der Waals surface area contributed by atoms with Gasteiger partial charge in [0.25, 0.3) is 0 Å². The summed E-state index contributed by atoms with van der Waals surface area (Å²) in [7, 11) is 0. The predicted octanol–water partition coefficient (Wildman–Crippen LogP) is 3.06. The summed E-state index contributed by atoms with van der Waals surface area (Å²) in [6.07, 6.45) is 2.42. The molecule has 0 atom stereocenters. The zero-order valence-electron chi connectivity index (χ0n) is 7.57. The van der Waals surface area contributed by atoms with Gasteiger partial charge in [0.1, 0.15) is 0 Å². The fourth-order valence-electron chi connectivity index (χ4n) is 1.41. The lowest BCUT2D eigenvalue weighted by atomic mass is 10.0. The van der Waals surface area contributed by atoms with E-state index in [0.717, 1.165) is 0 Å². The maximum Gasteiger partial charge on any atom is -0.0120 e. The molecule has 0 nitrogen and oxygen atoms in total. The molecule has 1 aromatic rings. The van der Waals surface area contributed by atoms with Crippen molar-refractivity contribution in [3.05, 3.63) is 34.9 Å². The highest BCUT2D eigenvalue weighted by Crippen LogP contribution is 2.09. The van der Waals surface area contributed by atoms with Gasteiger partial charge in [-0.15, -0.1) is 0 Å². The Morgan fingerprint density at radius 2 is 1.73 bits per heavy atom. The van der Waals surface area contributed by atoms with Crippen molar-refractivity contribution in [2.45, 2.75) is 33.6 Å². The van der Waals surface area contributed by atoms with E-state index in [1.54, 1.807) is 0 Å². The number of hydrogen-bond donors (Lipinski definition) is 0. The van der Waals surface area contributed by atoms with Crippen LogP contribution in [0.15, 0.2) is 12.1 Å². The molecule has 1 radical (unpaired) electrons. The summed E-state index contributed by atoms with van der Waals surface area (Å²) < 4.78 is 0. The van der Waals surface area contributed by atoms with Crippen molar-refractivity contribution in [2.24, 2.45) is 0 Å². The number of hydrogen-bond acceptors (Lipinski definition) is 0. The zero-order valence-corrected chi connectivity index (χ0v) is 7.57. The Labute approximate surface area is 69.3 Å². The van der Waals surface area contributed by atoms with Gasteiger partial charge >= 0.3 is 0 Å². The fraction of sp³-hybridized carbons (Fsp3) is 0.455. The molecule has 0 amide bonds. The number of rotatable bonds is 2. The highest BCUT2D eigenvalue weighted by atomic mass is 14.0. The van der Waals surface area contributed by atoms with Crippen LogP contribution >= 0.6 is 0 Å². The van der Waals surface area contributed by atoms with Gasteiger partial charge in [0.2, 0.25) is 0 Å². The summed E-state index contributed by atoms with van der Waals surface area (Å²) in [5, 5.41) is 0. The van der Waals surface area contributed by atoms with Gasteiger partial charge in [0, 0.05) is 0 Å². The van der Waals surface area contributed by atoms with Crippen LogP contribution in [0.3, 0.4) is 0 Å². The average Bonchev–Trinajstić information content (AvgIpc) is 1.85. The summed E-state index contributed by atoms with van der Waals surface area (Å²) in [5.74, 6) is 0. The standard InChI is InChI=1S/C11H15/c1-4-5-11-7-9(2)6-10(3)8-11/h7-8H,4-5H2,1-3H3. The molecule has 0 saturated carbocycles. The van der Waals surface area contributed by atoms with E-state index < -0.39 is 0 Å². The highest BCUT2D eigenvalue weighted by molar-refractivity contribution is 5.27. The van der Waals surface area contributed by atoms with Crippen LogP contribution < -0.4 is 0 Å². The summed E-state index contributed by atoms with van der Waals surface area (Å²) in [6, 6.07) is 7.71. The monoisotopic (exact) mass is 147 g/mol. The maximum absolute atomic E-state index is 3.27. The third kappa shape index (κ3) is 2.38. The third-order valence-electron chi connectivity index (χ3n) is 1.74. The summed E-state index contributed by atoms with van der Waals surface area (Å²) in [5.41, 5.74) is 3.96. The van der Waals surface area contributed by atoms with Crippen LogP contribution in [0.2, 0.25) is 0 Å². The van der Waals surface area contributed by atoms with Gasteiger partial charge in [-0.2, -0.15) is 0 Å². The van der Waals surface area contributed by atoms with E-state index in [-0.39, 0.29) is 0 Å². The van der Waals surface area contributed by atoms with Gasteiger partial charge < -0.3 is 0 Å². The first-order valence-electron chi connectivity index (χ1n) is 4.22. The van der Waals surface area contributed by atoms with Gasteiger partial charge in [-0.1, -0.05) is 25.5 Å². The Hall–Kier alpha value is -0.780. The van der Waals surface area contributed by atoms with Crippen LogP contribution in [0.4, 0.5) is 0 Å². The lowest BCUT2D eigenvalue weighted by molar-refractivity contribution is 0.918. The second-order valence-corrected chi connectivity index (χ2v) is 3.10.